The molecule has 2 bridgehead atoms. The molecule has 3 aliphatic heterocycles. The van der Waals surface area contributed by atoms with Gasteiger partial charge in [0.2, 0.25) is 11.9 Å². The first-order valence-corrected chi connectivity index (χ1v) is 25.0. The van der Waals surface area contributed by atoms with E-state index < -0.39 is 78.0 Å². The van der Waals surface area contributed by atoms with Gasteiger partial charge in [-0.1, -0.05) is 48.2 Å². The van der Waals surface area contributed by atoms with Crippen LogP contribution in [-0.4, -0.2) is 159 Å². The average Bonchev–Trinajstić information content (AvgIpc) is 3.74. The number of alkyl carbamates (subject to hydrolysis) is 1. The fraction of sp³-hybridized carbons (Fsp3) is 0.519. The monoisotopic (exact) mass is 1080 g/mol. The minimum Gasteiger partial charge on any atom is -0.465 e. The average molecular weight is 1080 g/mol. The molecule has 5 heterocycles. The van der Waals surface area contributed by atoms with Crippen LogP contribution in [0.1, 0.15) is 75.3 Å². The van der Waals surface area contributed by atoms with Crippen molar-refractivity contribution in [2.45, 2.75) is 121 Å². The zero-order valence-electron chi connectivity index (χ0n) is 42.9. The number of alkyl halides is 6. The van der Waals surface area contributed by atoms with E-state index in [9.17, 15) is 55.7 Å². The van der Waals surface area contributed by atoms with Crippen molar-refractivity contribution in [3.63, 3.8) is 0 Å². The molecule has 414 valence electrons. The number of aliphatic hydroxyl groups excluding tert-OH is 1. The number of benzene rings is 2. The Morgan fingerprint density at radius 2 is 1.39 bits per heavy atom. The number of carbonyl (C=O) groups excluding carboxylic acids is 3. The van der Waals surface area contributed by atoms with E-state index in [0.717, 1.165) is 57.7 Å². The van der Waals surface area contributed by atoms with E-state index in [1.165, 1.54) is 0 Å². The molecule has 1 aliphatic carbocycles. The molecule has 4 fully saturated rings. The van der Waals surface area contributed by atoms with Gasteiger partial charge in [-0.15, -0.1) is 0 Å². The minimum atomic E-state index is -5.11. The lowest BCUT2D eigenvalue weighted by Crippen LogP contribution is -2.63. The summed E-state index contributed by atoms with van der Waals surface area (Å²) < 4.78 is 98.7. The molecule has 25 heteroatoms. The highest BCUT2D eigenvalue weighted by Gasteiger charge is 2.57. The molecule has 2 aromatic heterocycles. The number of hydrazine groups is 1. The molecular formula is C52H61F6N11O8. The first-order chi connectivity index (χ1) is 36.3. The molecule has 4 aliphatic rings. The Bertz CT molecular complexity index is 2810. The van der Waals surface area contributed by atoms with E-state index in [1.54, 1.807) is 66.2 Å². The van der Waals surface area contributed by atoms with Gasteiger partial charge in [-0.25, -0.2) is 24.6 Å². The first-order valence-electron chi connectivity index (χ1n) is 25.0. The number of halogens is 6. The number of nitrogens with zero attached hydrogens (tertiary/aromatic N) is 7. The van der Waals surface area contributed by atoms with Crippen LogP contribution in [0.2, 0.25) is 0 Å². The number of likely N-dealkylation sites (tertiary alicyclic amines) is 1. The van der Waals surface area contributed by atoms with Crippen LogP contribution in [0.5, 0.6) is 0 Å². The Morgan fingerprint density at radius 1 is 0.779 bits per heavy atom. The molecule has 0 radical (unpaired) electrons. The number of rotatable bonds is 19. The summed E-state index contributed by atoms with van der Waals surface area (Å²) in [5.41, 5.74) is -0.321. The number of nitrogens with one attached hydrogen (secondary N) is 4. The fourth-order valence-electron chi connectivity index (χ4n) is 9.54. The number of ether oxygens (including phenoxy) is 2. The van der Waals surface area contributed by atoms with Gasteiger partial charge in [0.05, 0.1) is 66.6 Å². The number of methoxy groups -OCH3 is 1. The fourth-order valence-corrected chi connectivity index (χ4v) is 9.54. The zero-order valence-corrected chi connectivity index (χ0v) is 42.9. The summed E-state index contributed by atoms with van der Waals surface area (Å²) >= 11 is 0. The summed E-state index contributed by atoms with van der Waals surface area (Å²) in [4.78, 5) is 66.1. The lowest BCUT2D eigenvalue weighted by Gasteiger charge is -2.42. The number of anilines is 1. The predicted molar refractivity (Wildman–Crippen MR) is 265 cm³/mol. The van der Waals surface area contributed by atoms with Crippen LogP contribution in [0.3, 0.4) is 0 Å². The smallest absolute Gasteiger partial charge is 0.407 e. The third-order valence-electron chi connectivity index (χ3n) is 14.8. The number of hydrogen-bond donors (Lipinski definition) is 6. The molecule has 4 unspecified atom stereocenters. The number of piperazine rings is 1. The van der Waals surface area contributed by atoms with Gasteiger partial charge in [0.25, 0.3) is 5.91 Å². The normalized spacial score (nSPS) is 19.6. The van der Waals surface area contributed by atoms with Crippen molar-refractivity contribution in [3.8, 4) is 23.1 Å². The molecule has 2 aromatic carbocycles. The Labute approximate surface area is 440 Å². The van der Waals surface area contributed by atoms with Crippen molar-refractivity contribution in [2.24, 2.45) is 10.8 Å². The highest BCUT2D eigenvalue weighted by molar-refractivity contribution is 5.87. The van der Waals surface area contributed by atoms with Crippen molar-refractivity contribution in [1.29, 1.82) is 0 Å². The third-order valence-corrected chi connectivity index (χ3v) is 14.8. The summed E-state index contributed by atoms with van der Waals surface area (Å²) in [6, 6.07) is 10.2. The molecule has 3 saturated heterocycles. The summed E-state index contributed by atoms with van der Waals surface area (Å²) in [7, 11) is 0.887. The van der Waals surface area contributed by atoms with Crippen molar-refractivity contribution in [3.05, 3.63) is 95.4 Å². The topological polar surface area (TPSA) is 229 Å². The molecule has 77 heavy (non-hydrogen) atoms. The van der Waals surface area contributed by atoms with Crippen LogP contribution in [0.15, 0.2) is 73.2 Å². The first kappa shape index (κ1) is 56.2. The van der Waals surface area contributed by atoms with Crippen molar-refractivity contribution in [1.82, 2.24) is 51.0 Å². The van der Waals surface area contributed by atoms with Crippen molar-refractivity contribution >= 4 is 29.9 Å². The van der Waals surface area contributed by atoms with Crippen LogP contribution >= 0.6 is 0 Å². The lowest BCUT2D eigenvalue weighted by molar-refractivity contribution is -0.221. The van der Waals surface area contributed by atoms with Crippen LogP contribution in [-0.2, 0) is 32.0 Å². The van der Waals surface area contributed by atoms with Crippen LogP contribution < -0.4 is 26.3 Å². The van der Waals surface area contributed by atoms with Crippen molar-refractivity contribution < 1.29 is 65.2 Å². The van der Waals surface area contributed by atoms with Gasteiger partial charge in [0, 0.05) is 68.0 Å². The predicted octanol–water partition coefficient (Wildman–Crippen LogP) is 5.20. The molecule has 8 rings (SSSR count). The van der Waals surface area contributed by atoms with Gasteiger partial charge < -0.3 is 40.5 Å². The third kappa shape index (κ3) is 13.1. The quantitative estimate of drug-likeness (QED) is 0.0404. The van der Waals surface area contributed by atoms with Gasteiger partial charge in [-0.3, -0.25) is 24.6 Å². The summed E-state index contributed by atoms with van der Waals surface area (Å²) in [6.07, 6.45) is -7.48. The number of fused-ring (bicyclic) bond motifs is 2. The second-order valence-electron chi connectivity index (χ2n) is 21.0. The molecule has 6 atom stereocenters. The number of hydrogen-bond acceptors (Lipinski definition) is 13. The zero-order chi connectivity index (χ0) is 55.6. The lowest BCUT2D eigenvalue weighted by atomic mass is 9.82. The highest BCUT2D eigenvalue weighted by Crippen LogP contribution is 2.42. The van der Waals surface area contributed by atoms with E-state index in [1.807, 2.05) is 22.3 Å². The molecule has 0 spiro atoms. The maximum Gasteiger partial charge on any atom is 0.407 e. The second kappa shape index (κ2) is 22.5. The van der Waals surface area contributed by atoms with Gasteiger partial charge >= 0.3 is 24.5 Å². The van der Waals surface area contributed by atoms with Crippen LogP contribution in [0.4, 0.5) is 41.9 Å². The van der Waals surface area contributed by atoms with Crippen LogP contribution in [0, 0.1) is 22.7 Å². The number of carboxylic acid groups (broad SMARTS) is 1. The van der Waals surface area contributed by atoms with Crippen LogP contribution in [0.25, 0.3) is 11.3 Å². The van der Waals surface area contributed by atoms with E-state index in [0.29, 0.717) is 91.3 Å². The largest absolute Gasteiger partial charge is 0.465 e. The second-order valence-corrected chi connectivity index (χ2v) is 21.0. The van der Waals surface area contributed by atoms with Gasteiger partial charge in [-0.05, 0) is 82.7 Å². The van der Waals surface area contributed by atoms with Crippen molar-refractivity contribution in [2.75, 3.05) is 44.9 Å². The molecule has 4 amide bonds. The van der Waals surface area contributed by atoms with E-state index in [4.69, 9.17) is 4.74 Å². The Morgan fingerprint density at radius 3 is 1.94 bits per heavy atom. The standard InChI is InChI=1S/C52H61F6N11O8/c1-49(2,51(53,54)55)42(63-48(75)76-5)44(71)61-40(20-31-9-6-30(7-10-31)8-11-33-22-59-46(60-23-33)68-26-36-21-37(68)25-67(36)38-28-77-29-38)41(70)27-66(65-45(72)43(62-47(73)74)50(3,4)52(56,57)58)24-32-12-14-34(15-13-32)39-18-19-69(64-39)35-16-17-35/h6-7,9-10,12-15,18-19,22-23,35-38,40-43,62,70H,16-17,20-21,24-29H2,1-5H3,(H,61,71)(H,63,75)(H,65,72)(H,73,74)/t36-,37-,40?,41?,42?,43?/m1/s1. The van der Waals surface area contributed by atoms with Gasteiger partial charge in [-0.2, -0.15) is 31.4 Å². The number of carbonyl (C=O) groups is 4. The molecule has 1 saturated carbocycles. The molecule has 19 nitrogen and oxygen atoms in total. The molecule has 4 aromatic rings. The number of aromatic nitrogens is 4. The summed E-state index contributed by atoms with van der Waals surface area (Å²) in [6.45, 7) is 4.83. The number of aliphatic hydroxyl groups is 1. The SMILES string of the molecule is COC(=O)NC(C(=O)NC(Cc1ccc(C#Cc2cnc(N3C[C@H]4C[C@@H]3CN4C3COC3)nc2)cc1)C(O)CN(Cc1ccc(-c2ccn(C3CC3)n2)cc1)NC(=O)C(NC(=O)O)C(C)(C)C(F)(F)F)C(C)(C)C(F)(F)F. The Hall–Kier alpha value is -7.01. The molecular weight excluding hydrogens is 1020 g/mol. The Balaban J connectivity index is 1.04. The van der Waals surface area contributed by atoms with E-state index in [-0.39, 0.29) is 13.0 Å². The van der Waals surface area contributed by atoms with E-state index >= 15 is 0 Å². The maximum atomic E-state index is 14.6. The summed E-state index contributed by atoms with van der Waals surface area (Å²) in [5, 5.41) is 33.3. The van der Waals surface area contributed by atoms with Gasteiger partial charge in [0.15, 0.2) is 0 Å². The van der Waals surface area contributed by atoms with Gasteiger partial charge in [0.1, 0.15) is 12.1 Å². The minimum absolute atomic E-state index is 0.299. The maximum absolute atomic E-state index is 14.6. The van der Waals surface area contributed by atoms with E-state index in [2.05, 4.69) is 52.2 Å². The number of amides is 4. The summed E-state index contributed by atoms with van der Waals surface area (Å²) in [5.74, 6) is 3.82. The molecule has 6 N–H and O–H groups in total. The Kier molecular flexibility index (Phi) is 16.4. The highest BCUT2D eigenvalue weighted by atomic mass is 19.4.